The molecule has 2 aromatic carbocycles. The van der Waals surface area contributed by atoms with Gasteiger partial charge in [-0.2, -0.15) is 0 Å². The van der Waals surface area contributed by atoms with E-state index in [0.717, 1.165) is 40.8 Å². The van der Waals surface area contributed by atoms with Gasteiger partial charge in [0.25, 0.3) is 11.7 Å². The number of likely N-dealkylation sites (tertiary alicyclic amines) is 1. The maximum absolute atomic E-state index is 13.2. The number of aryl methyl sites for hydroxylation is 2. The van der Waals surface area contributed by atoms with Crippen molar-refractivity contribution in [1.29, 1.82) is 0 Å². The minimum absolute atomic E-state index is 0.108. The minimum Gasteiger partial charge on any atom is -0.507 e. The van der Waals surface area contributed by atoms with Crippen molar-refractivity contribution in [2.24, 2.45) is 0 Å². The van der Waals surface area contributed by atoms with Crippen LogP contribution in [-0.2, 0) is 22.6 Å². The van der Waals surface area contributed by atoms with Crippen LogP contribution in [0.4, 0.5) is 0 Å². The summed E-state index contributed by atoms with van der Waals surface area (Å²) in [6.45, 7) is 2.87. The lowest BCUT2D eigenvalue weighted by molar-refractivity contribution is -0.140. The van der Waals surface area contributed by atoms with E-state index in [0.29, 0.717) is 12.2 Å². The van der Waals surface area contributed by atoms with Crippen molar-refractivity contribution in [2.75, 3.05) is 6.61 Å². The summed E-state index contributed by atoms with van der Waals surface area (Å²) in [4.78, 5) is 31.9. The van der Waals surface area contributed by atoms with Crippen LogP contribution in [0.1, 0.15) is 40.3 Å². The molecule has 0 spiro atoms. The third-order valence-corrected chi connectivity index (χ3v) is 6.18. The Morgan fingerprint density at radius 3 is 2.73 bits per heavy atom. The van der Waals surface area contributed by atoms with Gasteiger partial charge in [0.15, 0.2) is 0 Å². The molecule has 3 aromatic rings. The van der Waals surface area contributed by atoms with E-state index in [9.17, 15) is 14.7 Å². The zero-order valence-corrected chi connectivity index (χ0v) is 18.3. The van der Waals surface area contributed by atoms with E-state index in [4.69, 9.17) is 4.74 Å². The number of ether oxygens (including phenoxy) is 1. The van der Waals surface area contributed by atoms with Crippen LogP contribution in [0.5, 0.6) is 5.75 Å². The lowest BCUT2D eigenvalue weighted by atomic mass is 9.93. The van der Waals surface area contributed by atoms with Gasteiger partial charge in [-0.25, -0.2) is 0 Å². The summed E-state index contributed by atoms with van der Waals surface area (Å²) in [5.41, 5.74) is 4.26. The number of Topliss-reactive ketones (excluding diaryl/α,β-unsaturated/α-hetero) is 1. The van der Waals surface area contributed by atoms with E-state index in [1.54, 1.807) is 18.5 Å². The molecule has 0 aliphatic carbocycles. The predicted octanol–water partition coefficient (Wildman–Crippen LogP) is 4.34. The Kier molecular flexibility index (Phi) is 5.42. The Balaban J connectivity index is 1.64. The molecule has 1 amide bonds. The molecule has 2 aliphatic heterocycles. The Labute approximate surface area is 192 Å². The highest BCUT2D eigenvalue weighted by molar-refractivity contribution is 6.46. The molecular weight excluding hydrogens is 416 g/mol. The van der Waals surface area contributed by atoms with Gasteiger partial charge in [0.05, 0.1) is 18.2 Å². The van der Waals surface area contributed by atoms with Gasteiger partial charge in [0, 0.05) is 24.5 Å². The highest BCUT2D eigenvalue weighted by Crippen LogP contribution is 2.41. The van der Waals surface area contributed by atoms with Crippen LogP contribution in [0.2, 0.25) is 0 Å². The number of ketones is 1. The highest BCUT2D eigenvalue weighted by Gasteiger charge is 2.46. The zero-order valence-electron chi connectivity index (χ0n) is 18.3. The van der Waals surface area contributed by atoms with Gasteiger partial charge >= 0.3 is 0 Å². The van der Waals surface area contributed by atoms with Crippen molar-refractivity contribution in [3.63, 3.8) is 0 Å². The number of hydrogen-bond acceptors (Lipinski definition) is 5. The van der Waals surface area contributed by atoms with Crippen LogP contribution in [0.3, 0.4) is 0 Å². The molecule has 0 bridgehead atoms. The first-order valence-corrected chi connectivity index (χ1v) is 11.0. The summed E-state index contributed by atoms with van der Waals surface area (Å²) in [6.07, 6.45) is 5.05. The summed E-state index contributed by atoms with van der Waals surface area (Å²) >= 11 is 0. The van der Waals surface area contributed by atoms with E-state index >= 15 is 0 Å². The number of hydrogen-bond donors (Lipinski definition) is 1. The van der Waals surface area contributed by atoms with Crippen LogP contribution in [0, 0.1) is 6.92 Å². The quantitative estimate of drug-likeness (QED) is 0.371. The molecule has 33 heavy (non-hydrogen) atoms. The van der Waals surface area contributed by atoms with Crippen molar-refractivity contribution >= 4 is 17.4 Å². The smallest absolute Gasteiger partial charge is 0.295 e. The summed E-state index contributed by atoms with van der Waals surface area (Å²) in [7, 11) is 0. The van der Waals surface area contributed by atoms with E-state index in [1.165, 1.54) is 4.90 Å². The summed E-state index contributed by atoms with van der Waals surface area (Å²) in [5.74, 6) is -0.667. The first kappa shape index (κ1) is 20.9. The molecule has 166 valence electrons. The second-order valence-electron chi connectivity index (χ2n) is 8.47. The maximum Gasteiger partial charge on any atom is 0.295 e. The number of amides is 1. The topological polar surface area (TPSA) is 79.7 Å². The summed E-state index contributed by atoms with van der Waals surface area (Å²) < 4.78 is 5.68. The monoisotopic (exact) mass is 440 g/mol. The van der Waals surface area contributed by atoms with Crippen LogP contribution >= 0.6 is 0 Å². The molecule has 3 heterocycles. The fraction of sp³-hybridized carbons (Fsp3) is 0.222. The molecule has 6 heteroatoms. The fourth-order valence-electron chi connectivity index (χ4n) is 4.58. The summed E-state index contributed by atoms with van der Waals surface area (Å²) in [6, 6.07) is 16.0. The standard InChI is InChI=1S/C27H24N2O4/c1-17-4-2-5-20(14-17)24-23(25(30)21-7-8-22-19(15-21)6-3-13-33-22)26(31)27(32)29(24)16-18-9-11-28-12-10-18/h2,4-5,7-12,14-15,24,30H,3,6,13,16H2,1H3/b25-23-. The molecule has 1 aromatic heterocycles. The fourth-order valence-corrected chi connectivity index (χ4v) is 4.58. The van der Waals surface area contributed by atoms with Crippen LogP contribution in [0.15, 0.2) is 72.6 Å². The van der Waals surface area contributed by atoms with Crippen molar-refractivity contribution in [3.05, 3.63) is 100 Å². The normalized spacial score (nSPS) is 19.3. The number of aromatic nitrogens is 1. The second kappa shape index (κ2) is 8.54. The van der Waals surface area contributed by atoms with Gasteiger partial charge in [0.2, 0.25) is 0 Å². The zero-order chi connectivity index (χ0) is 22.9. The molecule has 2 aliphatic rings. The molecule has 5 rings (SSSR count). The Morgan fingerprint density at radius 2 is 1.94 bits per heavy atom. The van der Waals surface area contributed by atoms with Gasteiger partial charge in [-0.05, 0) is 66.8 Å². The number of fused-ring (bicyclic) bond motifs is 1. The number of rotatable bonds is 4. The van der Waals surface area contributed by atoms with E-state index in [1.807, 2.05) is 55.5 Å². The molecule has 1 atom stereocenters. The van der Waals surface area contributed by atoms with Crippen molar-refractivity contribution < 1.29 is 19.4 Å². The van der Waals surface area contributed by atoms with Gasteiger partial charge in [-0.3, -0.25) is 14.6 Å². The number of carbonyl (C=O) groups is 2. The van der Waals surface area contributed by atoms with E-state index in [-0.39, 0.29) is 17.9 Å². The molecular formula is C27H24N2O4. The Morgan fingerprint density at radius 1 is 1.12 bits per heavy atom. The molecule has 1 unspecified atom stereocenters. The number of nitrogens with zero attached hydrogens (tertiary/aromatic N) is 2. The second-order valence-corrected chi connectivity index (χ2v) is 8.47. The third-order valence-electron chi connectivity index (χ3n) is 6.18. The number of benzene rings is 2. The van der Waals surface area contributed by atoms with Crippen LogP contribution in [-0.4, -0.2) is 33.3 Å². The molecule has 0 saturated carbocycles. The molecule has 6 nitrogen and oxygen atoms in total. The molecule has 1 fully saturated rings. The SMILES string of the molecule is Cc1cccc(C2/C(=C(/O)c3ccc4c(c3)CCCO4)C(=O)C(=O)N2Cc2ccncc2)c1. The summed E-state index contributed by atoms with van der Waals surface area (Å²) in [5, 5.41) is 11.3. The van der Waals surface area contributed by atoms with E-state index < -0.39 is 17.7 Å². The first-order valence-electron chi connectivity index (χ1n) is 11.0. The van der Waals surface area contributed by atoms with E-state index in [2.05, 4.69) is 4.98 Å². The third kappa shape index (κ3) is 3.89. The van der Waals surface area contributed by atoms with Crippen molar-refractivity contribution in [3.8, 4) is 5.75 Å². The largest absolute Gasteiger partial charge is 0.507 e. The number of aliphatic hydroxyl groups excluding tert-OH is 1. The Bertz CT molecular complexity index is 1270. The van der Waals surface area contributed by atoms with Gasteiger partial charge in [0.1, 0.15) is 11.5 Å². The van der Waals surface area contributed by atoms with Crippen molar-refractivity contribution in [2.45, 2.75) is 32.4 Å². The van der Waals surface area contributed by atoms with Gasteiger partial charge in [-0.15, -0.1) is 0 Å². The van der Waals surface area contributed by atoms with Crippen LogP contribution < -0.4 is 4.74 Å². The molecule has 1 saturated heterocycles. The van der Waals surface area contributed by atoms with Gasteiger partial charge in [-0.1, -0.05) is 29.8 Å². The van der Waals surface area contributed by atoms with Crippen molar-refractivity contribution in [1.82, 2.24) is 9.88 Å². The minimum atomic E-state index is -0.689. The maximum atomic E-state index is 13.2. The average Bonchev–Trinajstić information content (AvgIpc) is 3.09. The lowest BCUT2D eigenvalue weighted by Gasteiger charge is -2.26. The number of carbonyl (C=O) groups excluding carboxylic acids is 2. The molecule has 0 radical (unpaired) electrons. The van der Waals surface area contributed by atoms with Crippen LogP contribution in [0.25, 0.3) is 5.76 Å². The highest BCUT2D eigenvalue weighted by atomic mass is 16.5. The lowest BCUT2D eigenvalue weighted by Crippen LogP contribution is -2.29. The predicted molar refractivity (Wildman–Crippen MR) is 124 cm³/mol. The number of pyridine rings is 1. The number of aliphatic hydroxyl groups is 1. The average molecular weight is 440 g/mol. The van der Waals surface area contributed by atoms with Gasteiger partial charge < -0.3 is 14.7 Å². The molecule has 1 N–H and O–H groups in total. The Hall–Kier alpha value is -3.93. The first-order chi connectivity index (χ1) is 16.0.